The third-order valence-electron chi connectivity index (χ3n) is 8.45. The molecule has 2 fully saturated rings. The fourth-order valence-corrected chi connectivity index (χ4v) is 6.36. The van der Waals surface area contributed by atoms with Gasteiger partial charge in [0.05, 0.1) is 0 Å². The van der Waals surface area contributed by atoms with E-state index in [1.807, 2.05) is 37.8 Å². The molecule has 4 rings (SSSR count). The summed E-state index contributed by atoms with van der Waals surface area (Å²) in [5.41, 5.74) is 3.07. The van der Waals surface area contributed by atoms with Crippen LogP contribution in [0.4, 0.5) is 4.79 Å². The quantitative estimate of drug-likeness (QED) is 0.354. The Hall–Kier alpha value is -1.52. The standard InChI is InChI=1S/C18H26BrNO2.C14H19Cl/c1-5-18(14-6-8-15(19)9-7-14)10-12-20(13-11-18)16(21)22-17(2,3)4;1-2-14(10-4-3-5-11-14)12-6-8-13(15)9-7-12/h6-9H,5,10-13H2,1-4H3;6-9H,2-5,10-11H2,1H3. The highest BCUT2D eigenvalue weighted by Gasteiger charge is 2.37. The van der Waals surface area contributed by atoms with Gasteiger partial charge in [0, 0.05) is 22.6 Å². The number of likely N-dealkylation sites (tertiary alicyclic amines) is 1. The summed E-state index contributed by atoms with van der Waals surface area (Å²) in [6.07, 6.45) is 11.0. The Morgan fingerprint density at radius 2 is 1.30 bits per heavy atom. The number of nitrogens with zero attached hydrogens (tertiary/aromatic N) is 1. The van der Waals surface area contributed by atoms with Crippen molar-refractivity contribution in [3.8, 4) is 0 Å². The molecule has 204 valence electrons. The molecule has 1 saturated heterocycles. The number of carbonyl (C=O) groups excluding carboxylic acids is 1. The summed E-state index contributed by atoms with van der Waals surface area (Å²) >= 11 is 9.44. The predicted octanol–water partition coefficient (Wildman–Crippen LogP) is 10.1. The van der Waals surface area contributed by atoms with Gasteiger partial charge in [0.2, 0.25) is 0 Å². The second kappa shape index (κ2) is 13.0. The Morgan fingerprint density at radius 3 is 1.76 bits per heavy atom. The lowest BCUT2D eigenvalue weighted by atomic mass is 9.68. The number of carbonyl (C=O) groups is 1. The number of ether oxygens (including phenoxy) is 1. The van der Waals surface area contributed by atoms with E-state index in [0.717, 1.165) is 41.8 Å². The van der Waals surface area contributed by atoms with Gasteiger partial charge < -0.3 is 9.64 Å². The van der Waals surface area contributed by atoms with Crippen molar-refractivity contribution in [2.45, 2.75) is 109 Å². The van der Waals surface area contributed by atoms with Crippen LogP contribution in [0.25, 0.3) is 0 Å². The van der Waals surface area contributed by atoms with Crippen molar-refractivity contribution in [2.24, 2.45) is 0 Å². The lowest BCUT2D eigenvalue weighted by Gasteiger charge is -2.42. The van der Waals surface area contributed by atoms with Gasteiger partial charge >= 0.3 is 6.09 Å². The molecule has 0 unspecified atom stereocenters. The molecule has 1 saturated carbocycles. The summed E-state index contributed by atoms with van der Waals surface area (Å²) < 4.78 is 6.59. The molecule has 0 bridgehead atoms. The number of halogens is 2. The van der Waals surface area contributed by atoms with Gasteiger partial charge in [0.1, 0.15) is 5.60 Å². The first-order chi connectivity index (χ1) is 17.5. The highest BCUT2D eigenvalue weighted by molar-refractivity contribution is 9.10. The van der Waals surface area contributed by atoms with Gasteiger partial charge in [-0.25, -0.2) is 4.79 Å². The van der Waals surface area contributed by atoms with E-state index in [2.05, 4.69) is 66.2 Å². The molecular weight excluding hydrogens is 546 g/mol. The van der Waals surface area contributed by atoms with Gasteiger partial charge in [-0.1, -0.05) is 84.9 Å². The van der Waals surface area contributed by atoms with Crippen molar-refractivity contribution in [2.75, 3.05) is 13.1 Å². The Balaban J connectivity index is 0.000000220. The van der Waals surface area contributed by atoms with Crippen LogP contribution in [0.5, 0.6) is 0 Å². The maximum absolute atomic E-state index is 12.2. The van der Waals surface area contributed by atoms with Crippen LogP contribution >= 0.6 is 27.5 Å². The molecule has 1 aliphatic carbocycles. The van der Waals surface area contributed by atoms with Gasteiger partial charge in [0.25, 0.3) is 0 Å². The molecule has 3 nitrogen and oxygen atoms in total. The van der Waals surface area contributed by atoms with E-state index in [9.17, 15) is 4.79 Å². The number of hydrogen-bond donors (Lipinski definition) is 0. The average molecular weight is 591 g/mol. The first kappa shape index (κ1) is 30.0. The summed E-state index contributed by atoms with van der Waals surface area (Å²) in [5, 5.41) is 0.848. The van der Waals surface area contributed by atoms with Gasteiger partial charge in [-0.05, 0) is 106 Å². The van der Waals surface area contributed by atoms with Crippen LogP contribution in [0.3, 0.4) is 0 Å². The number of hydrogen-bond acceptors (Lipinski definition) is 2. The van der Waals surface area contributed by atoms with Crippen LogP contribution in [0.15, 0.2) is 53.0 Å². The zero-order chi connectivity index (χ0) is 27.1. The molecule has 0 aromatic heterocycles. The van der Waals surface area contributed by atoms with Gasteiger partial charge in [-0.3, -0.25) is 0 Å². The molecule has 0 radical (unpaired) electrons. The lowest BCUT2D eigenvalue weighted by molar-refractivity contribution is 0.0161. The van der Waals surface area contributed by atoms with Crippen LogP contribution in [0.1, 0.15) is 104 Å². The monoisotopic (exact) mass is 589 g/mol. The Bertz CT molecular complexity index is 983. The molecule has 2 aromatic carbocycles. The van der Waals surface area contributed by atoms with Crippen LogP contribution in [0.2, 0.25) is 5.02 Å². The minimum Gasteiger partial charge on any atom is -0.444 e. The van der Waals surface area contributed by atoms with Crippen molar-refractivity contribution in [1.82, 2.24) is 4.90 Å². The van der Waals surface area contributed by atoms with Crippen LogP contribution in [-0.2, 0) is 15.6 Å². The second-order valence-corrected chi connectivity index (χ2v) is 13.2. The van der Waals surface area contributed by atoms with Gasteiger partial charge in [0.15, 0.2) is 0 Å². The van der Waals surface area contributed by atoms with E-state index in [-0.39, 0.29) is 11.5 Å². The molecule has 1 amide bonds. The fraction of sp³-hybridized carbons (Fsp3) is 0.594. The third kappa shape index (κ3) is 7.99. The summed E-state index contributed by atoms with van der Waals surface area (Å²) in [5.74, 6) is 0. The van der Waals surface area contributed by atoms with Crippen molar-refractivity contribution < 1.29 is 9.53 Å². The maximum Gasteiger partial charge on any atom is 0.410 e. The van der Waals surface area contributed by atoms with Crippen molar-refractivity contribution in [3.63, 3.8) is 0 Å². The van der Waals surface area contributed by atoms with Crippen molar-refractivity contribution in [3.05, 3.63) is 69.2 Å². The van der Waals surface area contributed by atoms with E-state index in [4.69, 9.17) is 16.3 Å². The second-order valence-electron chi connectivity index (χ2n) is 11.8. The van der Waals surface area contributed by atoms with E-state index >= 15 is 0 Å². The summed E-state index contributed by atoms with van der Waals surface area (Å²) in [7, 11) is 0. The van der Waals surface area contributed by atoms with Crippen LogP contribution in [-0.4, -0.2) is 29.7 Å². The molecule has 0 atom stereocenters. The number of piperidine rings is 1. The number of benzene rings is 2. The van der Waals surface area contributed by atoms with Crippen LogP contribution < -0.4 is 0 Å². The van der Waals surface area contributed by atoms with Gasteiger partial charge in [-0.2, -0.15) is 0 Å². The molecule has 0 spiro atoms. The van der Waals surface area contributed by atoms with E-state index in [1.54, 1.807) is 0 Å². The molecule has 1 aliphatic heterocycles. The molecule has 2 aromatic rings. The number of rotatable bonds is 4. The van der Waals surface area contributed by atoms with E-state index in [0.29, 0.717) is 5.41 Å². The largest absolute Gasteiger partial charge is 0.444 e. The Labute approximate surface area is 238 Å². The highest BCUT2D eigenvalue weighted by atomic mass is 79.9. The fourth-order valence-electron chi connectivity index (χ4n) is 5.97. The van der Waals surface area contributed by atoms with Crippen LogP contribution in [0, 0.1) is 0 Å². The summed E-state index contributed by atoms with van der Waals surface area (Å²) in [6.45, 7) is 11.8. The Kier molecular flexibility index (Phi) is 10.6. The normalized spacial score (nSPS) is 18.9. The SMILES string of the molecule is CCC1(c2ccc(Br)cc2)CCN(C(=O)OC(C)(C)C)CC1.CCC1(c2ccc(Cl)cc2)CCCCC1. The lowest BCUT2D eigenvalue weighted by Crippen LogP contribution is -2.46. The molecule has 2 aliphatic rings. The molecule has 0 N–H and O–H groups in total. The smallest absolute Gasteiger partial charge is 0.410 e. The molecule has 5 heteroatoms. The summed E-state index contributed by atoms with van der Waals surface area (Å²) in [4.78, 5) is 14.0. The minimum atomic E-state index is -0.428. The maximum atomic E-state index is 12.2. The van der Waals surface area contributed by atoms with Crippen molar-refractivity contribution in [1.29, 1.82) is 0 Å². The average Bonchev–Trinajstić information content (AvgIpc) is 2.89. The predicted molar refractivity (Wildman–Crippen MR) is 160 cm³/mol. The van der Waals surface area contributed by atoms with Crippen molar-refractivity contribution >= 4 is 33.6 Å². The first-order valence-electron chi connectivity index (χ1n) is 14.0. The highest BCUT2D eigenvalue weighted by Crippen LogP contribution is 2.42. The first-order valence-corrected chi connectivity index (χ1v) is 15.2. The topological polar surface area (TPSA) is 29.5 Å². The zero-order valence-electron chi connectivity index (χ0n) is 23.4. The van der Waals surface area contributed by atoms with Gasteiger partial charge in [-0.15, -0.1) is 0 Å². The number of amides is 1. The van der Waals surface area contributed by atoms with E-state index < -0.39 is 5.60 Å². The zero-order valence-corrected chi connectivity index (χ0v) is 25.8. The molecule has 37 heavy (non-hydrogen) atoms. The third-order valence-corrected chi connectivity index (χ3v) is 9.23. The molecule has 1 heterocycles. The Morgan fingerprint density at radius 1 is 0.838 bits per heavy atom. The summed E-state index contributed by atoms with van der Waals surface area (Å²) in [6, 6.07) is 17.1. The minimum absolute atomic E-state index is 0.180. The molecular formula is C32H45BrClNO2. The van der Waals surface area contributed by atoms with E-state index in [1.165, 1.54) is 49.7 Å².